The molecule has 1 aromatic rings. The highest BCUT2D eigenvalue weighted by Crippen LogP contribution is 2.24. The van der Waals surface area contributed by atoms with E-state index in [1.807, 2.05) is 20.8 Å². The molecule has 1 rings (SSSR count). The van der Waals surface area contributed by atoms with Gasteiger partial charge < -0.3 is 5.73 Å². The molecule has 0 amide bonds. The Morgan fingerprint density at radius 2 is 2.00 bits per heavy atom. The van der Waals surface area contributed by atoms with Gasteiger partial charge in [0.1, 0.15) is 10.7 Å². The molecule has 0 fully saturated rings. The average molecular weight is 323 g/mol. The summed E-state index contributed by atoms with van der Waals surface area (Å²) in [4.78, 5) is -0.454. The molecule has 0 saturated heterocycles. The summed E-state index contributed by atoms with van der Waals surface area (Å²) in [6.07, 6.45) is 0.614. The van der Waals surface area contributed by atoms with Crippen molar-refractivity contribution in [1.29, 1.82) is 0 Å². The van der Waals surface area contributed by atoms with Gasteiger partial charge in [0.25, 0.3) is 0 Å². The first-order valence-corrected chi connectivity index (χ1v) is 8.29. The van der Waals surface area contributed by atoms with Crippen molar-refractivity contribution in [2.24, 2.45) is 11.7 Å². The first-order chi connectivity index (χ1) is 9.22. The van der Waals surface area contributed by atoms with Gasteiger partial charge in [-0.3, -0.25) is 0 Å². The molecule has 20 heavy (non-hydrogen) atoms. The Labute approximate surface area is 124 Å². The predicted molar refractivity (Wildman–Crippen MR) is 78.5 cm³/mol. The number of hydrogen-bond acceptors (Lipinski definition) is 3. The van der Waals surface area contributed by atoms with Crippen LogP contribution in [0.15, 0.2) is 17.0 Å². The van der Waals surface area contributed by atoms with Crippen molar-refractivity contribution >= 4 is 21.6 Å². The first-order valence-electron chi connectivity index (χ1n) is 6.43. The number of nitrogens with one attached hydrogen (secondary N) is 1. The minimum Gasteiger partial charge on any atom is -0.326 e. The average Bonchev–Trinajstić information content (AvgIpc) is 2.37. The zero-order chi connectivity index (χ0) is 15.5. The van der Waals surface area contributed by atoms with Crippen LogP contribution in [-0.4, -0.2) is 14.5 Å². The van der Waals surface area contributed by atoms with Crippen molar-refractivity contribution in [3.63, 3.8) is 0 Å². The van der Waals surface area contributed by atoms with Gasteiger partial charge in [-0.1, -0.05) is 32.4 Å². The highest BCUT2D eigenvalue weighted by molar-refractivity contribution is 7.89. The SMILES string of the molecule is CCC(NS(=O)(=O)c1cc(Cl)cc(CN)c1F)C(C)C. The lowest BCUT2D eigenvalue weighted by molar-refractivity contribution is 0.435. The second-order valence-electron chi connectivity index (χ2n) is 4.96. The Hall–Kier alpha value is -0.690. The molecular weight excluding hydrogens is 303 g/mol. The van der Waals surface area contributed by atoms with Gasteiger partial charge in [-0.05, 0) is 24.5 Å². The van der Waals surface area contributed by atoms with Crippen LogP contribution in [0.1, 0.15) is 32.8 Å². The van der Waals surface area contributed by atoms with Crippen molar-refractivity contribution in [2.45, 2.75) is 44.7 Å². The van der Waals surface area contributed by atoms with Crippen LogP contribution in [-0.2, 0) is 16.6 Å². The topological polar surface area (TPSA) is 72.2 Å². The summed E-state index contributed by atoms with van der Waals surface area (Å²) in [7, 11) is -3.97. The lowest BCUT2D eigenvalue weighted by Gasteiger charge is -2.21. The standard InChI is InChI=1S/C13H20ClFN2O2S/c1-4-11(8(2)3)17-20(18,19)12-6-10(14)5-9(7-16)13(12)15/h5-6,8,11,17H,4,7,16H2,1-3H3. The fourth-order valence-electron chi connectivity index (χ4n) is 1.92. The molecule has 0 radical (unpaired) electrons. The van der Waals surface area contributed by atoms with Crippen LogP contribution in [0.2, 0.25) is 5.02 Å². The van der Waals surface area contributed by atoms with E-state index in [2.05, 4.69) is 4.72 Å². The molecule has 0 bridgehead atoms. The number of nitrogens with two attached hydrogens (primary N) is 1. The number of rotatable bonds is 6. The van der Waals surface area contributed by atoms with Crippen molar-refractivity contribution in [3.05, 3.63) is 28.5 Å². The summed E-state index contributed by atoms with van der Waals surface area (Å²) in [6.45, 7) is 5.55. The maximum Gasteiger partial charge on any atom is 0.243 e. The molecular formula is C13H20ClFN2O2S. The molecule has 1 atom stereocenters. The molecule has 0 aliphatic carbocycles. The van der Waals surface area contributed by atoms with Crippen LogP contribution in [0.25, 0.3) is 0 Å². The minimum atomic E-state index is -3.97. The van der Waals surface area contributed by atoms with E-state index in [4.69, 9.17) is 17.3 Å². The van der Waals surface area contributed by atoms with Crippen LogP contribution in [0.3, 0.4) is 0 Å². The molecule has 0 heterocycles. The van der Waals surface area contributed by atoms with Crippen molar-refractivity contribution in [2.75, 3.05) is 0 Å². The third kappa shape index (κ3) is 3.91. The highest BCUT2D eigenvalue weighted by Gasteiger charge is 2.25. The third-order valence-electron chi connectivity index (χ3n) is 3.14. The zero-order valence-electron chi connectivity index (χ0n) is 11.8. The summed E-state index contributed by atoms with van der Waals surface area (Å²) in [5.74, 6) is -0.742. The molecule has 4 nitrogen and oxygen atoms in total. The molecule has 0 spiro atoms. The molecule has 0 saturated carbocycles. The summed E-state index contributed by atoms with van der Waals surface area (Å²) in [5.41, 5.74) is 5.47. The van der Waals surface area contributed by atoms with E-state index < -0.39 is 20.7 Å². The van der Waals surface area contributed by atoms with Crippen molar-refractivity contribution in [1.82, 2.24) is 4.72 Å². The van der Waals surface area contributed by atoms with Gasteiger partial charge in [-0.2, -0.15) is 0 Å². The second kappa shape index (κ2) is 6.85. The maximum atomic E-state index is 14.1. The lowest BCUT2D eigenvalue weighted by Crippen LogP contribution is -2.38. The van der Waals surface area contributed by atoms with Crippen LogP contribution < -0.4 is 10.5 Å². The van der Waals surface area contributed by atoms with E-state index in [-0.39, 0.29) is 29.1 Å². The van der Waals surface area contributed by atoms with E-state index in [9.17, 15) is 12.8 Å². The summed E-state index contributed by atoms with van der Waals surface area (Å²) in [6, 6.07) is 2.17. The predicted octanol–water partition coefficient (Wildman–Crippen LogP) is 2.65. The Morgan fingerprint density at radius 3 is 2.45 bits per heavy atom. The second-order valence-corrected chi connectivity index (χ2v) is 7.08. The molecule has 114 valence electrons. The third-order valence-corrected chi connectivity index (χ3v) is 4.85. The summed E-state index contributed by atoms with van der Waals surface area (Å²) < 4.78 is 41.3. The fraction of sp³-hybridized carbons (Fsp3) is 0.538. The van der Waals surface area contributed by atoms with E-state index >= 15 is 0 Å². The van der Waals surface area contributed by atoms with E-state index in [1.165, 1.54) is 6.07 Å². The normalized spacial score (nSPS) is 13.8. The molecule has 0 aliphatic rings. The zero-order valence-corrected chi connectivity index (χ0v) is 13.4. The van der Waals surface area contributed by atoms with Gasteiger partial charge in [0.05, 0.1) is 0 Å². The maximum absolute atomic E-state index is 14.1. The van der Waals surface area contributed by atoms with E-state index in [0.29, 0.717) is 6.42 Å². The Kier molecular flexibility index (Phi) is 5.94. The number of hydrogen-bond donors (Lipinski definition) is 2. The van der Waals surface area contributed by atoms with Gasteiger partial charge in [0, 0.05) is 23.2 Å². The number of benzene rings is 1. The monoisotopic (exact) mass is 322 g/mol. The van der Waals surface area contributed by atoms with Crippen LogP contribution in [0.5, 0.6) is 0 Å². The Balaban J connectivity index is 3.25. The quantitative estimate of drug-likeness (QED) is 0.845. The molecule has 3 N–H and O–H groups in total. The first kappa shape index (κ1) is 17.4. The molecule has 1 unspecified atom stereocenters. The minimum absolute atomic E-state index is 0.0791. The van der Waals surface area contributed by atoms with Crippen LogP contribution >= 0.6 is 11.6 Å². The fourth-order valence-corrected chi connectivity index (χ4v) is 3.84. The number of sulfonamides is 1. The Bertz CT molecular complexity index is 576. The summed E-state index contributed by atoms with van der Waals surface area (Å²) >= 11 is 5.83. The van der Waals surface area contributed by atoms with Crippen molar-refractivity contribution in [3.8, 4) is 0 Å². The van der Waals surface area contributed by atoms with E-state index in [0.717, 1.165) is 6.07 Å². The Morgan fingerprint density at radius 1 is 1.40 bits per heavy atom. The van der Waals surface area contributed by atoms with E-state index in [1.54, 1.807) is 0 Å². The number of halogens is 2. The van der Waals surface area contributed by atoms with Crippen LogP contribution in [0, 0.1) is 11.7 Å². The molecule has 0 aliphatic heterocycles. The molecule has 7 heteroatoms. The van der Waals surface area contributed by atoms with Gasteiger partial charge in [0.2, 0.25) is 10.0 Å². The molecule has 1 aromatic carbocycles. The van der Waals surface area contributed by atoms with Gasteiger partial charge in [-0.25, -0.2) is 17.5 Å². The van der Waals surface area contributed by atoms with Crippen molar-refractivity contribution < 1.29 is 12.8 Å². The summed E-state index contributed by atoms with van der Waals surface area (Å²) in [5, 5.41) is 0.143. The smallest absolute Gasteiger partial charge is 0.243 e. The molecule has 0 aromatic heterocycles. The highest BCUT2D eigenvalue weighted by atomic mass is 35.5. The lowest BCUT2D eigenvalue weighted by atomic mass is 10.0. The van der Waals surface area contributed by atoms with Gasteiger partial charge in [0.15, 0.2) is 0 Å². The van der Waals surface area contributed by atoms with Crippen LogP contribution in [0.4, 0.5) is 4.39 Å². The van der Waals surface area contributed by atoms with Gasteiger partial charge >= 0.3 is 0 Å². The van der Waals surface area contributed by atoms with Gasteiger partial charge in [-0.15, -0.1) is 0 Å². The largest absolute Gasteiger partial charge is 0.326 e.